The zero-order valence-corrected chi connectivity index (χ0v) is 17.7. The van der Waals surface area contributed by atoms with E-state index in [9.17, 15) is 9.90 Å². The highest BCUT2D eigenvalue weighted by molar-refractivity contribution is 5.80. The molecular weight excluding hydrogens is 410 g/mol. The van der Waals surface area contributed by atoms with E-state index in [2.05, 4.69) is 35.7 Å². The summed E-state index contributed by atoms with van der Waals surface area (Å²) >= 11 is 0. The molecule has 4 aromatic heterocycles. The van der Waals surface area contributed by atoms with Gasteiger partial charge in [-0.15, -0.1) is 5.10 Å². The zero-order valence-electron chi connectivity index (χ0n) is 17.7. The first-order valence-electron chi connectivity index (χ1n) is 10.1. The first kappa shape index (κ1) is 19.8. The van der Waals surface area contributed by atoms with Crippen LogP contribution in [0.2, 0.25) is 0 Å². The number of nitrogens with one attached hydrogen (secondary N) is 2. The highest BCUT2D eigenvalue weighted by atomic mass is 16.3. The molecule has 1 aromatic carbocycles. The van der Waals surface area contributed by atoms with Crippen molar-refractivity contribution in [3.05, 3.63) is 58.6 Å². The summed E-state index contributed by atoms with van der Waals surface area (Å²) in [5.41, 5.74) is 1.83. The highest BCUT2D eigenvalue weighted by Crippen LogP contribution is 2.22. The molecule has 0 fully saturated rings. The Morgan fingerprint density at radius 2 is 2.03 bits per heavy atom. The number of pyridine rings is 1. The van der Waals surface area contributed by atoms with Gasteiger partial charge in [0.2, 0.25) is 5.95 Å². The number of aromatic amines is 1. The van der Waals surface area contributed by atoms with Crippen molar-refractivity contribution in [3.63, 3.8) is 0 Å². The number of aliphatic hydroxyl groups is 1. The van der Waals surface area contributed by atoms with Crippen LogP contribution >= 0.6 is 0 Å². The van der Waals surface area contributed by atoms with Crippen molar-refractivity contribution in [1.29, 1.82) is 0 Å². The molecule has 5 rings (SSSR count). The lowest BCUT2D eigenvalue weighted by Crippen LogP contribution is -2.23. The van der Waals surface area contributed by atoms with E-state index in [1.165, 1.54) is 6.20 Å². The molecule has 0 spiro atoms. The number of aromatic nitrogens is 8. The first-order chi connectivity index (χ1) is 15.3. The Hall–Kier alpha value is -4.12. The van der Waals surface area contributed by atoms with Crippen molar-refractivity contribution in [2.45, 2.75) is 32.9 Å². The molecule has 162 valence electrons. The van der Waals surface area contributed by atoms with Crippen LogP contribution in [0.25, 0.3) is 27.9 Å². The molecule has 0 aliphatic rings. The van der Waals surface area contributed by atoms with Crippen molar-refractivity contribution in [2.75, 3.05) is 5.32 Å². The number of hydrogen-bond acceptors (Lipinski definition) is 8. The van der Waals surface area contributed by atoms with Crippen LogP contribution in [0.1, 0.15) is 26.5 Å². The van der Waals surface area contributed by atoms with Gasteiger partial charge in [-0.3, -0.25) is 9.89 Å². The molecule has 32 heavy (non-hydrogen) atoms. The topological polar surface area (TPSA) is 139 Å². The van der Waals surface area contributed by atoms with Gasteiger partial charge in [0.1, 0.15) is 16.5 Å². The second-order valence-corrected chi connectivity index (χ2v) is 7.87. The lowest BCUT2D eigenvalue weighted by Gasteiger charge is -2.18. The van der Waals surface area contributed by atoms with Gasteiger partial charge in [0.05, 0.1) is 11.2 Å². The maximum absolute atomic E-state index is 13.0. The van der Waals surface area contributed by atoms with Crippen molar-refractivity contribution >= 4 is 33.7 Å². The zero-order chi connectivity index (χ0) is 22.5. The molecular formula is C21H21N9O2. The Kier molecular flexibility index (Phi) is 4.48. The van der Waals surface area contributed by atoms with E-state index in [1.807, 2.05) is 25.1 Å². The van der Waals surface area contributed by atoms with Crippen LogP contribution in [-0.2, 0) is 12.1 Å². The largest absolute Gasteiger partial charge is 0.384 e. The molecule has 0 unspecified atom stereocenters. The predicted molar refractivity (Wildman–Crippen MR) is 119 cm³/mol. The summed E-state index contributed by atoms with van der Waals surface area (Å²) in [6.45, 7) is 5.61. The normalized spacial score (nSPS) is 12.0. The molecule has 5 aromatic rings. The van der Waals surface area contributed by atoms with Gasteiger partial charge in [0, 0.05) is 18.4 Å². The van der Waals surface area contributed by atoms with Gasteiger partial charge in [-0.05, 0) is 51.1 Å². The third kappa shape index (κ3) is 3.28. The molecule has 0 bridgehead atoms. The van der Waals surface area contributed by atoms with E-state index < -0.39 is 5.60 Å². The van der Waals surface area contributed by atoms with Crippen LogP contribution in [-0.4, -0.2) is 44.8 Å². The van der Waals surface area contributed by atoms with E-state index in [-0.39, 0.29) is 5.56 Å². The van der Waals surface area contributed by atoms with Crippen LogP contribution in [0.3, 0.4) is 0 Å². The van der Waals surface area contributed by atoms with Crippen molar-refractivity contribution in [3.8, 4) is 5.82 Å². The van der Waals surface area contributed by atoms with E-state index in [0.29, 0.717) is 35.0 Å². The van der Waals surface area contributed by atoms with Crippen LogP contribution in [0.15, 0.2) is 47.4 Å². The minimum Gasteiger partial charge on any atom is -0.384 e. The Balaban J connectivity index is 1.64. The van der Waals surface area contributed by atoms with Gasteiger partial charge in [0.15, 0.2) is 11.5 Å². The Morgan fingerprint density at radius 1 is 1.19 bits per heavy atom. The Labute approximate surface area is 181 Å². The monoisotopic (exact) mass is 431 g/mol. The smallest absolute Gasteiger partial charge is 0.278 e. The average molecular weight is 431 g/mol. The third-order valence-electron chi connectivity index (χ3n) is 5.13. The standard InChI is InChI=1S/C21H21N9O2/c1-4-29-19(31)13-11-22-20(23-12-8-9-14-15(10-12)27-28-26-14)25-18(13)30(29)17-7-5-6-16(24-17)21(2,3)32/h5-11,32H,4H2,1-3H3,(H,22,23,25)(H,26,27,28). The first-order valence-corrected chi connectivity index (χ1v) is 10.1. The summed E-state index contributed by atoms with van der Waals surface area (Å²) in [6.07, 6.45) is 1.51. The van der Waals surface area contributed by atoms with Crippen molar-refractivity contribution < 1.29 is 5.11 Å². The van der Waals surface area contributed by atoms with E-state index in [1.54, 1.807) is 41.4 Å². The van der Waals surface area contributed by atoms with Crippen molar-refractivity contribution in [1.82, 2.24) is 39.7 Å². The second-order valence-electron chi connectivity index (χ2n) is 7.87. The van der Waals surface area contributed by atoms with Gasteiger partial charge >= 0.3 is 0 Å². The number of benzene rings is 1. The Morgan fingerprint density at radius 3 is 2.81 bits per heavy atom. The van der Waals surface area contributed by atoms with Crippen LogP contribution in [0.4, 0.5) is 11.6 Å². The molecule has 3 N–H and O–H groups in total. The second kappa shape index (κ2) is 7.24. The molecule has 0 aliphatic heterocycles. The lowest BCUT2D eigenvalue weighted by molar-refractivity contribution is 0.0738. The van der Waals surface area contributed by atoms with Crippen LogP contribution in [0, 0.1) is 0 Å². The van der Waals surface area contributed by atoms with Gasteiger partial charge in [-0.2, -0.15) is 4.98 Å². The molecule has 0 radical (unpaired) electrons. The minimum absolute atomic E-state index is 0.213. The maximum atomic E-state index is 13.0. The highest BCUT2D eigenvalue weighted by Gasteiger charge is 2.21. The summed E-state index contributed by atoms with van der Waals surface area (Å²) in [4.78, 5) is 26.5. The molecule has 11 heteroatoms. The van der Waals surface area contributed by atoms with E-state index in [4.69, 9.17) is 0 Å². The summed E-state index contributed by atoms with van der Waals surface area (Å²) in [5, 5.41) is 24.5. The fourth-order valence-electron chi connectivity index (χ4n) is 3.54. The summed E-state index contributed by atoms with van der Waals surface area (Å²) in [7, 11) is 0. The Bertz CT molecular complexity index is 1510. The number of nitrogens with zero attached hydrogens (tertiary/aromatic N) is 7. The molecule has 4 heterocycles. The number of anilines is 2. The maximum Gasteiger partial charge on any atom is 0.278 e. The van der Waals surface area contributed by atoms with E-state index in [0.717, 1.165) is 16.7 Å². The average Bonchev–Trinajstić information content (AvgIpc) is 3.34. The quantitative estimate of drug-likeness (QED) is 0.385. The summed E-state index contributed by atoms with van der Waals surface area (Å²) < 4.78 is 3.20. The molecule has 0 atom stereocenters. The third-order valence-corrected chi connectivity index (χ3v) is 5.13. The van der Waals surface area contributed by atoms with Crippen molar-refractivity contribution in [2.24, 2.45) is 0 Å². The molecule has 0 saturated heterocycles. The van der Waals surface area contributed by atoms with Gasteiger partial charge in [0.25, 0.3) is 5.56 Å². The van der Waals surface area contributed by atoms with Crippen LogP contribution in [0.5, 0.6) is 0 Å². The SMILES string of the molecule is CCn1c(=O)c2cnc(Nc3ccc4nn[nH]c4c3)nc2n1-c1cccc(C(C)(C)O)n1. The number of rotatable bonds is 5. The molecule has 0 aliphatic carbocycles. The summed E-state index contributed by atoms with van der Waals surface area (Å²) in [5.74, 6) is 0.804. The lowest BCUT2D eigenvalue weighted by atomic mass is 10.1. The number of hydrogen-bond donors (Lipinski definition) is 3. The molecule has 0 saturated carbocycles. The molecule has 11 nitrogen and oxygen atoms in total. The van der Waals surface area contributed by atoms with Gasteiger partial charge < -0.3 is 10.4 Å². The number of fused-ring (bicyclic) bond motifs is 2. The fraction of sp³-hybridized carbons (Fsp3) is 0.238. The summed E-state index contributed by atoms with van der Waals surface area (Å²) in [6, 6.07) is 10.8. The minimum atomic E-state index is -1.13. The van der Waals surface area contributed by atoms with Crippen LogP contribution < -0.4 is 10.9 Å². The number of H-pyrrole nitrogens is 1. The fourth-order valence-corrected chi connectivity index (χ4v) is 3.54. The van der Waals surface area contributed by atoms with Gasteiger partial charge in [-0.25, -0.2) is 19.3 Å². The predicted octanol–water partition coefficient (Wildman–Crippen LogP) is 2.24. The molecule has 0 amide bonds. The van der Waals surface area contributed by atoms with Gasteiger partial charge in [-0.1, -0.05) is 11.3 Å². The van der Waals surface area contributed by atoms with E-state index >= 15 is 0 Å².